The van der Waals surface area contributed by atoms with Crippen molar-refractivity contribution >= 4 is 10.9 Å². The van der Waals surface area contributed by atoms with Crippen LogP contribution in [-0.2, 0) is 0 Å². The van der Waals surface area contributed by atoms with Gasteiger partial charge < -0.3 is 4.98 Å². The van der Waals surface area contributed by atoms with E-state index in [1.165, 1.54) is 22.0 Å². The highest BCUT2D eigenvalue weighted by molar-refractivity contribution is 5.84. The molecule has 0 fully saturated rings. The molecule has 0 saturated carbocycles. The lowest BCUT2D eigenvalue weighted by molar-refractivity contribution is 0.838. The Hall–Kier alpha value is -2.28. The van der Waals surface area contributed by atoms with Crippen molar-refractivity contribution in [3.8, 4) is 0 Å². The van der Waals surface area contributed by atoms with Crippen LogP contribution in [0.2, 0.25) is 0 Å². The third-order valence-electron chi connectivity index (χ3n) is 3.60. The molecule has 1 heterocycles. The summed E-state index contributed by atoms with van der Waals surface area (Å²) in [4.78, 5) is 3.36. The molecule has 0 spiro atoms. The van der Waals surface area contributed by atoms with Gasteiger partial charge in [-0.25, -0.2) is 0 Å². The van der Waals surface area contributed by atoms with Crippen LogP contribution in [0.4, 0.5) is 0 Å². The molecule has 1 N–H and O–H groups in total. The molecule has 0 saturated heterocycles. The van der Waals surface area contributed by atoms with Crippen LogP contribution in [0.15, 0.2) is 73.4 Å². The van der Waals surface area contributed by atoms with E-state index in [1.807, 2.05) is 6.08 Å². The first-order chi connectivity index (χ1) is 9.40. The Morgan fingerprint density at radius 3 is 2.53 bits per heavy atom. The van der Waals surface area contributed by atoms with E-state index in [0.717, 1.165) is 6.42 Å². The van der Waals surface area contributed by atoms with Gasteiger partial charge in [-0.2, -0.15) is 0 Å². The van der Waals surface area contributed by atoms with Gasteiger partial charge in [0.1, 0.15) is 0 Å². The highest BCUT2D eigenvalue weighted by Gasteiger charge is 2.16. The molecule has 3 rings (SSSR count). The molecule has 1 heteroatoms. The Morgan fingerprint density at radius 2 is 1.74 bits per heavy atom. The minimum absolute atomic E-state index is 0.370. The van der Waals surface area contributed by atoms with Crippen molar-refractivity contribution < 1.29 is 0 Å². The van der Waals surface area contributed by atoms with Gasteiger partial charge in [0.2, 0.25) is 0 Å². The van der Waals surface area contributed by atoms with Crippen LogP contribution in [0.1, 0.15) is 23.5 Å². The monoisotopic (exact) mass is 247 g/mol. The van der Waals surface area contributed by atoms with E-state index >= 15 is 0 Å². The van der Waals surface area contributed by atoms with Crippen LogP contribution in [0.25, 0.3) is 10.9 Å². The second kappa shape index (κ2) is 5.15. The Kier molecular flexibility index (Phi) is 3.20. The topological polar surface area (TPSA) is 15.8 Å². The highest BCUT2D eigenvalue weighted by Crippen LogP contribution is 2.33. The molecule has 2 aromatic carbocycles. The molecule has 0 aliphatic rings. The fourth-order valence-corrected chi connectivity index (χ4v) is 2.68. The summed E-state index contributed by atoms with van der Waals surface area (Å²) in [7, 11) is 0. The average molecular weight is 247 g/mol. The largest absolute Gasteiger partial charge is 0.361 e. The van der Waals surface area contributed by atoms with E-state index in [-0.39, 0.29) is 0 Å². The van der Waals surface area contributed by atoms with Crippen molar-refractivity contribution in [2.45, 2.75) is 12.3 Å². The minimum Gasteiger partial charge on any atom is -0.361 e. The summed E-state index contributed by atoms with van der Waals surface area (Å²) < 4.78 is 0. The zero-order valence-electron chi connectivity index (χ0n) is 10.8. The molecule has 0 amide bonds. The van der Waals surface area contributed by atoms with E-state index < -0.39 is 0 Å². The van der Waals surface area contributed by atoms with Gasteiger partial charge in [-0.15, -0.1) is 6.58 Å². The molecule has 1 nitrogen and oxygen atoms in total. The van der Waals surface area contributed by atoms with Gasteiger partial charge in [-0.3, -0.25) is 0 Å². The molecule has 3 aromatic rings. The third-order valence-corrected chi connectivity index (χ3v) is 3.60. The molecule has 19 heavy (non-hydrogen) atoms. The van der Waals surface area contributed by atoms with Gasteiger partial charge in [0, 0.05) is 23.0 Å². The molecule has 0 aliphatic heterocycles. The van der Waals surface area contributed by atoms with Crippen LogP contribution in [0, 0.1) is 0 Å². The maximum absolute atomic E-state index is 3.91. The molecule has 0 bridgehead atoms. The van der Waals surface area contributed by atoms with E-state index in [4.69, 9.17) is 0 Å². The quantitative estimate of drug-likeness (QED) is 0.633. The highest BCUT2D eigenvalue weighted by atomic mass is 14.7. The first-order valence-electron chi connectivity index (χ1n) is 6.62. The lowest BCUT2D eigenvalue weighted by Crippen LogP contribution is -1.98. The van der Waals surface area contributed by atoms with Crippen LogP contribution in [0.3, 0.4) is 0 Å². The standard InChI is InChI=1S/C18H17N/c1-2-8-15(14-9-4-3-5-10-14)17-13-19-18-12-7-6-11-16(17)18/h2-7,9-13,15,19H,1,8H2. The Labute approximate surface area is 113 Å². The number of hydrogen-bond acceptors (Lipinski definition) is 0. The van der Waals surface area contributed by atoms with Gasteiger partial charge in [0.15, 0.2) is 0 Å². The maximum atomic E-state index is 3.91. The molecule has 1 aromatic heterocycles. The van der Waals surface area contributed by atoms with Gasteiger partial charge in [0.25, 0.3) is 0 Å². The summed E-state index contributed by atoms with van der Waals surface area (Å²) in [6.07, 6.45) is 5.08. The summed E-state index contributed by atoms with van der Waals surface area (Å²) in [6, 6.07) is 19.1. The zero-order valence-corrected chi connectivity index (χ0v) is 10.8. The van der Waals surface area contributed by atoms with Crippen molar-refractivity contribution in [2.75, 3.05) is 0 Å². The number of aromatic amines is 1. The van der Waals surface area contributed by atoms with E-state index in [0.29, 0.717) is 5.92 Å². The number of aromatic nitrogens is 1. The second-order valence-electron chi connectivity index (χ2n) is 4.78. The number of para-hydroxylation sites is 1. The zero-order chi connectivity index (χ0) is 13.1. The Balaban J connectivity index is 2.12. The lowest BCUT2D eigenvalue weighted by atomic mass is 9.88. The van der Waals surface area contributed by atoms with E-state index in [2.05, 4.69) is 72.4 Å². The molecule has 94 valence electrons. The van der Waals surface area contributed by atoms with Gasteiger partial charge in [-0.1, -0.05) is 54.6 Å². The molecule has 1 unspecified atom stereocenters. The van der Waals surface area contributed by atoms with Crippen molar-refractivity contribution in [3.05, 3.63) is 84.6 Å². The van der Waals surface area contributed by atoms with Gasteiger partial charge >= 0.3 is 0 Å². The van der Waals surface area contributed by atoms with Crippen LogP contribution in [0.5, 0.6) is 0 Å². The fraction of sp³-hybridized carbons (Fsp3) is 0.111. The molecule has 1 atom stereocenters. The Morgan fingerprint density at radius 1 is 1.00 bits per heavy atom. The minimum atomic E-state index is 0.370. The fourth-order valence-electron chi connectivity index (χ4n) is 2.68. The predicted octanol–water partition coefficient (Wildman–Crippen LogP) is 4.88. The number of H-pyrrole nitrogens is 1. The van der Waals surface area contributed by atoms with Crippen molar-refractivity contribution in [2.24, 2.45) is 0 Å². The number of allylic oxidation sites excluding steroid dienone is 1. The number of rotatable bonds is 4. The molecule has 0 aliphatic carbocycles. The molecule has 0 radical (unpaired) electrons. The van der Waals surface area contributed by atoms with E-state index in [1.54, 1.807) is 0 Å². The van der Waals surface area contributed by atoms with Crippen LogP contribution in [-0.4, -0.2) is 4.98 Å². The van der Waals surface area contributed by atoms with Crippen molar-refractivity contribution in [3.63, 3.8) is 0 Å². The number of hydrogen-bond donors (Lipinski definition) is 1. The maximum Gasteiger partial charge on any atom is 0.0457 e. The average Bonchev–Trinajstić information content (AvgIpc) is 2.89. The molecular weight excluding hydrogens is 230 g/mol. The van der Waals surface area contributed by atoms with Gasteiger partial charge in [0.05, 0.1) is 0 Å². The SMILES string of the molecule is C=CCC(c1ccccc1)c1c[nH]c2ccccc12. The van der Waals surface area contributed by atoms with Gasteiger partial charge in [-0.05, 0) is 23.6 Å². The Bertz CT molecular complexity index is 679. The first-order valence-corrected chi connectivity index (χ1v) is 6.62. The number of fused-ring (bicyclic) bond motifs is 1. The summed E-state index contributed by atoms with van der Waals surface area (Å²) in [6.45, 7) is 3.91. The lowest BCUT2D eigenvalue weighted by Gasteiger charge is -2.15. The smallest absolute Gasteiger partial charge is 0.0457 e. The molecular formula is C18H17N. The van der Waals surface area contributed by atoms with Crippen molar-refractivity contribution in [1.82, 2.24) is 4.98 Å². The summed E-state index contributed by atoms with van der Waals surface area (Å²) in [5.74, 6) is 0.370. The predicted molar refractivity (Wildman–Crippen MR) is 81.4 cm³/mol. The van der Waals surface area contributed by atoms with Crippen LogP contribution >= 0.6 is 0 Å². The van der Waals surface area contributed by atoms with Crippen molar-refractivity contribution in [1.29, 1.82) is 0 Å². The number of benzene rings is 2. The number of nitrogens with one attached hydrogen (secondary N) is 1. The second-order valence-corrected chi connectivity index (χ2v) is 4.78. The van der Waals surface area contributed by atoms with E-state index in [9.17, 15) is 0 Å². The normalized spacial score (nSPS) is 12.4. The first kappa shape index (κ1) is 11.8. The summed E-state index contributed by atoms with van der Waals surface area (Å²) in [5.41, 5.74) is 3.89. The summed E-state index contributed by atoms with van der Waals surface area (Å²) in [5, 5.41) is 1.30. The third kappa shape index (κ3) is 2.19. The summed E-state index contributed by atoms with van der Waals surface area (Å²) >= 11 is 0. The van der Waals surface area contributed by atoms with Crippen LogP contribution < -0.4 is 0 Å².